The molecule has 3 N–H and O–H groups in total. The Hall–Kier alpha value is -2.20. The van der Waals surface area contributed by atoms with Crippen molar-refractivity contribution >= 4 is 16.1 Å². The lowest BCUT2D eigenvalue weighted by atomic mass is 10.1. The van der Waals surface area contributed by atoms with Gasteiger partial charge in [0.1, 0.15) is 17.7 Å². The van der Waals surface area contributed by atoms with Crippen molar-refractivity contribution in [3.8, 4) is 5.75 Å². The number of rotatable bonds is 6. The number of hydrogen-bond donors (Lipinski definition) is 3. The fourth-order valence-corrected chi connectivity index (χ4v) is 4.82. The summed E-state index contributed by atoms with van der Waals surface area (Å²) in [6.45, 7) is 0. The number of nitrogens with one attached hydrogen (secondary N) is 1. The van der Waals surface area contributed by atoms with E-state index in [2.05, 4.69) is 28.5 Å². The van der Waals surface area contributed by atoms with Gasteiger partial charge in [0.05, 0.1) is 18.2 Å². The molecule has 0 saturated heterocycles. The maximum atomic E-state index is 11.3. The van der Waals surface area contributed by atoms with Crippen molar-refractivity contribution in [1.29, 1.82) is 0 Å². The first-order valence-corrected chi connectivity index (χ1v) is 11.1. The third-order valence-electron chi connectivity index (χ3n) is 5.77. The predicted molar refractivity (Wildman–Crippen MR) is 108 cm³/mol. The molecule has 0 unspecified atom stereocenters. The second-order valence-corrected chi connectivity index (χ2v) is 9.12. The molecular formula is C20H25N3O5S. The second-order valence-electron chi connectivity index (χ2n) is 7.65. The minimum absolute atomic E-state index is 0.204. The van der Waals surface area contributed by atoms with Gasteiger partial charge in [0, 0.05) is 32.2 Å². The van der Waals surface area contributed by atoms with Crippen molar-refractivity contribution in [1.82, 2.24) is 9.29 Å². The quantitative estimate of drug-likeness (QED) is 0.615. The van der Waals surface area contributed by atoms with Crippen molar-refractivity contribution < 1.29 is 22.8 Å². The summed E-state index contributed by atoms with van der Waals surface area (Å²) in [4.78, 5) is 4.38. The molecule has 1 aromatic carbocycles. The van der Waals surface area contributed by atoms with E-state index in [-0.39, 0.29) is 18.6 Å². The number of aliphatic hydroxyl groups is 1. The van der Waals surface area contributed by atoms with Gasteiger partial charge in [-0.25, -0.2) is 4.98 Å². The second kappa shape index (κ2) is 7.91. The van der Waals surface area contributed by atoms with Crippen molar-refractivity contribution in [2.24, 2.45) is 0 Å². The maximum Gasteiger partial charge on any atom is 0.335 e. The third-order valence-corrected chi connectivity index (χ3v) is 6.77. The molecule has 4 rings (SSSR count). The summed E-state index contributed by atoms with van der Waals surface area (Å²) >= 11 is 0. The van der Waals surface area contributed by atoms with E-state index in [4.69, 9.17) is 4.74 Å². The number of likely N-dealkylation sites (N-methyl/N-ethyl adjacent to an activating group) is 1. The number of benzene rings is 1. The Balaban J connectivity index is 1.41. The lowest BCUT2D eigenvalue weighted by Crippen LogP contribution is -2.41. The van der Waals surface area contributed by atoms with Gasteiger partial charge in [-0.15, -0.1) is 0 Å². The summed E-state index contributed by atoms with van der Waals surface area (Å²) in [5, 5.41) is 13.6. The summed E-state index contributed by atoms with van der Waals surface area (Å²) in [5.41, 5.74) is 2.64. The number of fused-ring (bicyclic) bond motifs is 1. The van der Waals surface area contributed by atoms with Crippen molar-refractivity contribution in [2.75, 3.05) is 12.4 Å². The van der Waals surface area contributed by atoms with Crippen LogP contribution in [0.5, 0.6) is 5.75 Å². The largest absolute Gasteiger partial charge is 0.490 e. The minimum atomic E-state index is -4.36. The molecule has 1 fully saturated rings. The van der Waals surface area contributed by atoms with Crippen LogP contribution in [0, 0.1) is 0 Å². The normalized spacial score (nSPS) is 26.5. The van der Waals surface area contributed by atoms with Gasteiger partial charge >= 0.3 is 10.3 Å². The van der Waals surface area contributed by atoms with Gasteiger partial charge in [-0.3, -0.25) is 4.55 Å². The van der Waals surface area contributed by atoms with Gasteiger partial charge in [-0.1, -0.05) is 24.3 Å². The number of aliphatic hydroxyl groups excluding tert-OH is 1. The highest BCUT2D eigenvalue weighted by Crippen LogP contribution is 2.34. The van der Waals surface area contributed by atoms with Crippen LogP contribution < -0.4 is 10.1 Å². The Morgan fingerprint density at radius 1 is 1.24 bits per heavy atom. The van der Waals surface area contributed by atoms with E-state index in [1.54, 1.807) is 12.3 Å². The fraction of sp³-hybridized carbons (Fsp3) is 0.450. The van der Waals surface area contributed by atoms with Crippen LogP contribution in [0.2, 0.25) is 0 Å². The summed E-state index contributed by atoms with van der Waals surface area (Å²) in [6.07, 6.45) is 3.01. The Bertz CT molecular complexity index is 984. The van der Waals surface area contributed by atoms with E-state index in [1.165, 1.54) is 18.2 Å². The third kappa shape index (κ3) is 4.37. The molecule has 0 spiro atoms. The highest BCUT2D eigenvalue weighted by atomic mass is 32.2. The molecule has 2 aliphatic rings. The minimum Gasteiger partial charge on any atom is -0.490 e. The van der Waals surface area contributed by atoms with E-state index < -0.39 is 22.4 Å². The highest BCUT2D eigenvalue weighted by Gasteiger charge is 2.40. The fourth-order valence-electron chi connectivity index (χ4n) is 4.25. The van der Waals surface area contributed by atoms with Gasteiger partial charge in [-0.05, 0) is 30.0 Å². The van der Waals surface area contributed by atoms with Gasteiger partial charge in [0.2, 0.25) is 0 Å². The van der Waals surface area contributed by atoms with Crippen molar-refractivity contribution in [3.63, 3.8) is 0 Å². The lowest BCUT2D eigenvalue weighted by molar-refractivity contribution is 0.113. The monoisotopic (exact) mass is 419 g/mol. The summed E-state index contributed by atoms with van der Waals surface area (Å²) in [6, 6.07) is 11.4. The number of nitrogens with zero attached hydrogens (tertiary/aromatic N) is 2. The van der Waals surface area contributed by atoms with Crippen LogP contribution in [-0.4, -0.2) is 52.7 Å². The van der Waals surface area contributed by atoms with Crippen LogP contribution in [-0.2, 0) is 16.7 Å². The molecule has 0 amide bonds. The number of ether oxygens (including phenoxy) is 1. The number of hydrogen-bond acceptors (Lipinski definition) is 6. The van der Waals surface area contributed by atoms with Crippen LogP contribution in [0.4, 0.5) is 5.82 Å². The van der Waals surface area contributed by atoms with Crippen LogP contribution in [0.3, 0.4) is 0 Å². The molecule has 0 bridgehead atoms. The number of aromatic nitrogens is 1. The number of pyridine rings is 1. The van der Waals surface area contributed by atoms with Gasteiger partial charge < -0.3 is 15.2 Å². The van der Waals surface area contributed by atoms with Gasteiger partial charge in [0.15, 0.2) is 0 Å². The zero-order chi connectivity index (χ0) is 20.6. The first-order chi connectivity index (χ1) is 13.8. The smallest absolute Gasteiger partial charge is 0.335 e. The zero-order valence-electron chi connectivity index (χ0n) is 16.1. The molecule has 1 aromatic heterocycles. The molecule has 2 aliphatic carbocycles. The van der Waals surface area contributed by atoms with Crippen LogP contribution in [0.15, 0.2) is 42.6 Å². The highest BCUT2D eigenvalue weighted by molar-refractivity contribution is 7.83. The Labute approximate surface area is 170 Å². The van der Waals surface area contributed by atoms with Gasteiger partial charge in [-0.2, -0.15) is 12.7 Å². The Kier molecular flexibility index (Phi) is 5.48. The van der Waals surface area contributed by atoms with E-state index in [9.17, 15) is 18.1 Å². The van der Waals surface area contributed by atoms with E-state index in [0.717, 1.165) is 17.1 Å². The summed E-state index contributed by atoms with van der Waals surface area (Å²) < 4.78 is 38.6. The molecular weight excluding hydrogens is 394 g/mol. The maximum absolute atomic E-state index is 11.3. The molecule has 2 aromatic rings. The lowest BCUT2D eigenvalue weighted by Gasteiger charge is -2.23. The predicted octanol–water partition coefficient (Wildman–Crippen LogP) is 2.19. The molecule has 1 heterocycles. The van der Waals surface area contributed by atoms with Crippen LogP contribution in [0.1, 0.15) is 36.4 Å². The van der Waals surface area contributed by atoms with Crippen molar-refractivity contribution in [2.45, 2.75) is 50.0 Å². The molecule has 1 saturated carbocycles. The van der Waals surface area contributed by atoms with Crippen LogP contribution in [0.25, 0.3) is 0 Å². The summed E-state index contributed by atoms with van der Waals surface area (Å²) in [5.74, 6) is 1.30. The number of aryl methyl sites for hydroxylation is 1. The van der Waals surface area contributed by atoms with Gasteiger partial charge in [0.25, 0.3) is 0 Å². The SMILES string of the molecule is CN([C@H]1C[C@@H](Oc2ccnc(N[C@H]3CCc4ccccc43)c2)C[C@@H]1O)S(=O)(=O)O. The Morgan fingerprint density at radius 3 is 2.83 bits per heavy atom. The molecule has 4 atom stereocenters. The van der Waals surface area contributed by atoms with E-state index >= 15 is 0 Å². The first kappa shape index (κ1) is 20.1. The van der Waals surface area contributed by atoms with E-state index in [0.29, 0.717) is 18.0 Å². The topological polar surface area (TPSA) is 112 Å². The molecule has 156 valence electrons. The molecule has 0 radical (unpaired) electrons. The van der Waals surface area contributed by atoms with E-state index in [1.807, 2.05) is 12.1 Å². The molecule has 0 aliphatic heterocycles. The number of anilines is 1. The first-order valence-electron chi connectivity index (χ1n) is 9.67. The molecule has 8 nitrogen and oxygen atoms in total. The zero-order valence-corrected chi connectivity index (χ0v) is 16.9. The molecule has 29 heavy (non-hydrogen) atoms. The Morgan fingerprint density at radius 2 is 2.03 bits per heavy atom. The van der Waals surface area contributed by atoms with Crippen molar-refractivity contribution in [3.05, 3.63) is 53.7 Å². The summed E-state index contributed by atoms with van der Waals surface area (Å²) in [7, 11) is -3.11. The standard InChI is InChI=1S/C20H25N3O5S/c1-23(29(25,26)27)18-10-15(11-19(18)24)28-14-8-9-21-20(12-14)22-17-7-6-13-4-2-3-5-16(13)17/h2-5,8-9,12,15,17-19,24H,6-7,10-11H2,1H3,(H,21,22)(H,25,26,27)/t15-,17+,18+,19+/m1/s1. The average Bonchev–Trinajstić information content (AvgIpc) is 3.24. The van der Waals surface area contributed by atoms with Crippen LogP contribution >= 0.6 is 0 Å². The molecule has 9 heteroatoms. The average molecular weight is 420 g/mol.